The van der Waals surface area contributed by atoms with Gasteiger partial charge in [0, 0.05) is 12.1 Å². The quantitative estimate of drug-likeness (QED) is 0.841. The summed E-state index contributed by atoms with van der Waals surface area (Å²) in [6.07, 6.45) is 0. The molecule has 4 rings (SSSR count). The first-order chi connectivity index (χ1) is 11.6. The van der Waals surface area contributed by atoms with Gasteiger partial charge in [0.1, 0.15) is 0 Å². The maximum atomic E-state index is 12.3. The van der Waals surface area contributed by atoms with E-state index < -0.39 is 17.8 Å². The van der Waals surface area contributed by atoms with Gasteiger partial charge < -0.3 is 10.2 Å². The van der Waals surface area contributed by atoms with E-state index in [4.69, 9.17) is 4.84 Å². The van der Waals surface area contributed by atoms with Gasteiger partial charge >= 0.3 is 5.97 Å². The Labute approximate surface area is 135 Å². The van der Waals surface area contributed by atoms with Crippen molar-refractivity contribution >= 4 is 23.7 Å². The average molecular weight is 322 g/mol. The van der Waals surface area contributed by atoms with Gasteiger partial charge in [-0.05, 0) is 35.9 Å². The first-order valence-electron chi connectivity index (χ1n) is 7.17. The van der Waals surface area contributed by atoms with E-state index in [2.05, 4.69) is 5.32 Å². The zero-order chi connectivity index (χ0) is 16.8. The molecule has 24 heavy (non-hydrogen) atoms. The van der Waals surface area contributed by atoms with Crippen LogP contribution in [-0.4, -0.2) is 28.8 Å². The van der Waals surface area contributed by atoms with Crippen LogP contribution < -0.4 is 5.32 Å². The van der Waals surface area contributed by atoms with Gasteiger partial charge in [0.2, 0.25) is 0 Å². The van der Waals surface area contributed by atoms with Crippen LogP contribution in [0.1, 0.15) is 47.0 Å². The molecule has 0 atom stereocenters. The van der Waals surface area contributed by atoms with E-state index in [0.717, 1.165) is 0 Å². The minimum Gasteiger partial charge on any atom is -0.348 e. The maximum Gasteiger partial charge on any atom is 0.363 e. The standard InChI is InChI=1S/C17H10N2O5/c20-14-11-6-5-9(7-10(11)8-18-14)17(23)24-19-15(21)12-3-1-2-4-13(12)16(19)22/h1-7H,8H2,(H,18,20). The molecular weight excluding hydrogens is 312 g/mol. The monoisotopic (exact) mass is 322 g/mol. The number of carbonyl (C=O) groups is 4. The fraction of sp³-hybridized carbons (Fsp3) is 0.0588. The third kappa shape index (κ3) is 1.98. The van der Waals surface area contributed by atoms with Crippen LogP contribution in [0.25, 0.3) is 0 Å². The lowest BCUT2D eigenvalue weighted by Crippen LogP contribution is -2.32. The van der Waals surface area contributed by atoms with Crippen LogP contribution in [0.15, 0.2) is 42.5 Å². The molecule has 2 aromatic rings. The van der Waals surface area contributed by atoms with Crippen molar-refractivity contribution in [1.82, 2.24) is 10.4 Å². The third-order valence-corrected chi connectivity index (χ3v) is 3.96. The molecule has 0 bridgehead atoms. The largest absolute Gasteiger partial charge is 0.363 e. The Morgan fingerprint density at radius 1 is 0.958 bits per heavy atom. The number of fused-ring (bicyclic) bond motifs is 2. The van der Waals surface area contributed by atoms with Crippen LogP contribution in [0, 0.1) is 0 Å². The van der Waals surface area contributed by atoms with Gasteiger partial charge in [-0.15, -0.1) is 0 Å². The van der Waals surface area contributed by atoms with Crippen molar-refractivity contribution in [2.45, 2.75) is 6.54 Å². The summed E-state index contributed by atoms with van der Waals surface area (Å²) in [6.45, 7) is 0.322. The number of nitrogens with zero attached hydrogens (tertiary/aromatic N) is 1. The fourth-order valence-electron chi connectivity index (χ4n) is 2.74. The smallest absolute Gasteiger partial charge is 0.348 e. The first kappa shape index (κ1) is 14.1. The normalized spacial score (nSPS) is 15.2. The summed E-state index contributed by atoms with van der Waals surface area (Å²) >= 11 is 0. The number of hydrogen-bond donors (Lipinski definition) is 1. The zero-order valence-corrected chi connectivity index (χ0v) is 12.2. The summed E-state index contributed by atoms with van der Waals surface area (Å²) in [5.41, 5.74) is 1.70. The number of nitrogens with one attached hydrogen (secondary N) is 1. The highest BCUT2D eigenvalue weighted by molar-refractivity contribution is 6.21. The number of benzene rings is 2. The topological polar surface area (TPSA) is 92.8 Å². The summed E-state index contributed by atoms with van der Waals surface area (Å²) in [5.74, 6) is -2.40. The lowest BCUT2D eigenvalue weighted by molar-refractivity contribution is -0.0584. The van der Waals surface area contributed by atoms with Crippen molar-refractivity contribution in [1.29, 1.82) is 0 Å². The highest BCUT2D eigenvalue weighted by atomic mass is 16.7. The van der Waals surface area contributed by atoms with Crippen molar-refractivity contribution < 1.29 is 24.0 Å². The minimum atomic E-state index is -0.841. The predicted octanol–water partition coefficient (Wildman–Crippen LogP) is 1.30. The molecule has 7 heteroatoms. The van der Waals surface area contributed by atoms with Crippen LogP contribution in [0.2, 0.25) is 0 Å². The van der Waals surface area contributed by atoms with Crippen molar-refractivity contribution in [2.24, 2.45) is 0 Å². The van der Waals surface area contributed by atoms with Crippen molar-refractivity contribution in [2.75, 3.05) is 0 Å². The molecule has 0 aromatic heterocycles. The molecule has 2 aliphatic rings. The van der Waals surface area contributed by atoms with Gasteiger partial charge in [-0.3, -0.25) is 14.4 Å². The van der Waals surface area contributed by atoms with Crippen molar-refractivity contribution in [3.63, 3.8) is 0 Å². The number of carbonyl (C=O) groups excluding carboxylic acids is 4. The van der Waals surface area contributed by atoms with E-state index in [1.54, 1.807) is 12.1 Å². The van der Waals surface area contributed by atoms with E-state index >= 15 is 0 Å². The van der Waals surface area contributed by atoms with Crippen LogP contribution >= 0.6 is 0 Å². The zero-order valence-electron chi connectivity index (χ0n) is 12.2. The van der Waals surface area contributed by atoms with Gasteiger partial charge in [-0.25, -0.2) is 4.79 Å². The van der Waals surface area contributed by atoms with Crippen LogP contribution in [0.5, 0.6) is 0 Å². The Morgan fingerprint density at radius 3 is 2.29 bits per heavy atom. The van der Waals surface area contributed by atoms with E-state index in [-0.39, 0.29) is 22.6 Å². The highest BCUT2D eigenvalue weighted by Crippen LogP contribution is 2.24. The van der Waals surface area contributed by atoms with Crippen LogP contribution in [0.4, 0.5) is 0 Å². The first-order valence-corrected chi connectivity index (χ1v) is 7.17. The average Bonchev–Trinajstić information content (AvgIpc) is 3.08. The molecule has 0 fully saturated rings. The molecule has 7 nitrogen and oxygen atoms in total. The molecule has 2 aromatic carbocycles. The molecule has 0 unspecified atom stereocenters. The molecule has 0 saturated heterocycles. The molecule has 2 aliphatic heterocycles. The number of amides is 3. The number of imide groups is 1. The Morgan fingerprint density at radius 2 is 1.62 bits per heavy atom. The van der Waals surface area contributed by atoms with Crippen LogP contribution in [0.3, 0.4) is 0 Å². The molecule has 118 valence electrons. The number of rotatable bonds is 2. The minimum absolute atomic E-state index is 0.154. The SMILES string of the molecule is O=C(ON1C(=O)c2ccccc2C1=O)c1ccc2c(c1)CNC2=O. The fourth-order valence-corrected chi connectivity index (χ4v) is 2.74. The molecule has 1 N–H and O–H groups in total. The Balaban J connectivity index is 1.59. The van der Waals surface area contributed by atoms with E-state index in [9.17, 15) is 19.2 Å². The maximum absolute atomic E-state index is 12.3. The molecule has 0 saturated carbocycles. The molecule has 0 radical (unpaired) electrons. The highest BCUT2D eigenvalue weighted by Gasteiger charge is 2.38. The van der Waals surface area contributed by atoms with E-state index in [0.29, 0.717) is 22.7 Å². The van der Waals surface area contributed by atoms with Gasteiger partial charge in [0.05, 0.1) is 16.7 Å². The second-order valence-electron chi connectivity index (χ2n) is 5.38. The lowest BCUT2D eigenvalue weighted by Gasteiger charge is -2.12. The summed E-state index contributed by atoms with van der Waals surface area (Å²) in [7, 11) is 0. The van der Waals surface area contributed by atoms with Gasteiger partial charge in [-0.1, -0.05) is 17.2 Å². The number of hydroxylamine groups is 2. The van der Waals surface area contributed by atoms with Crippen LogP contribution in [-0.2, 0) is 11.4 Å². The Hall–Kier alpha value is -3.48. The summed E-state index contributed by atoms with van der Waals surface area (Å²) in [5, 5.41) is 3.10. The van der Waals surface area contributed by atoms with Gasteiger partial charge in [0.15, 0.2) is 0 Å². The Bertz CT molecular complexity index is 899. The second-order valence-corrected chi connectivity index (χ2v) is 5.38. The van der Waals surface area contributed by atoms with Gasteiger partial charge in [-0.2, -0.15) is 0 Å². The Kier molecular flexibility index (Phi) is 2.96. The summed E-state index contributed by atoms with van der Waals surface area (Å²) in [6, 6.07) is 10.7. The predicted molar refractivity (Wildman–Crippen MR) is 80.0 cm³/mol. The molecule has 0 spiro atoms. The molecule has 3 amide bonds. The van der Waals surface area contributed by atoms with Crippen molar-refractivity contribution in [3.05, 3.63) is 70.3 Å². The van der Waals surface area contributed by atoms with Gasteiger partial charge in [0.25, 0.3) is 17.7 Å². The molecular formula is C17H10N2O5. The lowest BCUT2D eigenvalue weighted by atomic mass is 10.1. The third-order valence-electron chi connectivity index (χ3n) is 3.96. The summed E-state index contributed by atoms with van der Waals surface area (Å²) < 4.78 is 0. The molecule has 2 heterocycles. The summed E-state index contributed by atoms with van der Waals surface area (Å²) in [4.78, 5) is 53.1. The van der Waals surface area contributed by atoms with Crippen molar-refractivity contribution in [3.8, 4) is 0 Å². The number of hydrogen-bond acceptors (Lipinski definition) is 5. The second kappa shape index (κ2) is 5.02. The van der Waals surface area contributed by atoms with E-state index in [1.807, 2.05) is 0 Å². The molecule has 0 aliphatic carbocycles. The van der Waals surface area contributed by atoms with E-state index in [1.165, 1.54) is 30.3 Å².